The lowest BCUT2D eigenvalue weighted by Crippen LogP contribution is -2.27. The van der Waals surface area contributed by atoms with Crippen molar-refractivity contribution in [2.24, 2.45) is 0 Å². The van der Waals surface area contributed by atoms with Crippen LogP contribution >= 0.6 is 0 Å². The van der Waals surface area contributed by atoms with Crippen LogP contribution < -0.4 is 5.32 Å². The van der Waals surface area contributed by atoms with Crippen molar-refractivity contribution in [3.8, 4) is 0 Å². The van der Waals surface area contributed by atoms with Crippen molar-refractivity contribution in [2.45, 2.75) is 45.2 Å². The summed E-state index contributed by atoms with van der Waals surface area (Å²) in [6.07, 6.45) is 6.08. The molecule has 7 nitrogen and oxygen atoms in total. The number of aromatic nitrogens is 3. The molecule has 0 saturated heterocycles. The van der Waals surface area contributed by atoms with E-state index in [1.54, 1.807) is 0 Å². The van der Waals surface area contributed by atoms with E-state index in [2.05, 4.69) is 20.1 Å². The number of nitrogens with zero attached hydrogens (tertiary/aromatic N) is 3. The van der Waals surface area contributed by atoms with Gasteiger partial charge in [-0.1, -0.05) is 6.42 Å². The number of carbonyl (C=O) groups is 2. The molecule has 0 aromatic carbocycles. The lowest BCUT2D eigenvalue weighted by Gasteiger charge is -2.14. The van der Waals surface area contributed by atoms with Crippen molar-refractivity contribution < 1.29 is 14.7 Å². The lowest BCUT2D eigenvalue weighted by molar-refractivity contribution is -0.131. The molecule has 1 aromatic heterocycles. The summed E-state index contributed by atoms with van der Waals surface area (Å²) in [5.41, 5.74) is 0. The number of carbonyl (C=O) groups excluding carboxylic acids is 1. The Morgan fingerprint density at radius 1 is 1.30 bits per heavy atom. The molecule has 1 aliphatic heterocycles. The van der Waals surface area contributed by atoms with E-state index in [1.807, 2.05) is 6.92 Å². The van der Waals surface area contributed by atoms with Gasteiger partial charge in [-0.2, -0.15) is 0 Å². The Labute approximate surface area is 116 Å². The van der Waals surface area contributed by atoms with Crippen molar-refractivity contribution >= 4 is 11.9 Å². The fourth-order valence-electron chi connectivity index (χ4n) is 2.30. The number of carboxylic acid groups (broad SMARTS) is 1. The molecule has 1 amide bonds. The highest BCUT2D eigenvalue weighted by molar-refractivity contribution is 5.93. The van der Waals surface area contributed by atoms with E-state index < -0.39 is 11.9 Å². The predicted molar refractivity (Wildman–Crippen MR) is 70.9 cm³/mol. The monoisotopic (exact) mass is 278 g/mol. The Balaban J connectivity index is 2.06. The number of hydrogen-bond acceptors (Lipinski definition) is 4. The number of hydrogen-bond donors (Lipinski definition) is 2. The number of amides is 1. The van der Waals surface area contributed by atoms with Crippen LogP contribution in [-0.4, -0.2) is 31.7 Å². The smallest absolute Gasteiger partial charge is 0.328 e. The fraction of sp³-hybridized carbons (Fsp3) is 0.538. The highest BCUT2D eigenvalue weighted by Gasteiger charge is 2.19. The van der Waals surface area contributed by atoms with Gasteiger partial charge in [-0.3, -0.25) is 4.79 Å². The van der Waals surface area contributed by atoms with Crippen LogP contribution in [0, 0.1) is 0 Å². The first-order chi connectivity index (χ1) is 9.58. The van der Waals surface area contributed by atoms with Gasteiger partial charge >= 0.3 is 5.97 Å². The van der Waals surface area contributed by atoms with Gasteiger partial charge in [0.05, 0.1) is 6.04 Å². The molecule has 1 atom stereocenters. The van der Waals surface area contributed by atoms with Crippen LogP contribution in [0.25, 0.3) is 0 Å². The van der Waals surface area contributed by atoms with Gasteiger partial charge in [0, 0.05) is 25.1 Å². The number of aliphatic carboxylic acids is 1. The largest absolute Gasteiger partial charge is 0.478 e. The van der Waals surface area contributed by atoms with E-state index in [0.29, 0.717) is 0 Å². The van der Waals surface area contributed by atoms with Gasteiger partial charge in [0.25, 0.3) is 0 Å². The third-order valence-electron chi connectivity index (χ3n) is 3.26. The molecule has 0 fully saturated rings. The number of fused-ring (bicyclic) bond motifs is 1. The van der Waals surface area contributed by atoms with Gasteiger partial charge in [0.1, 0.15) is 5.82 Å². The third-order valence-corrected chi connectivity index (χ3v) is 3.26. The minimum Gasteiger partial charge on any atom is -0.478 e. The minimum atomic E-state index is -1.15. The zero-order valence-electron chi connectivity index (χ0n) is 11.4. The van der Waals surface area contributed by atoms with Crippen molar-refractivity contribution in [3.05, 3.63) is 23.8 Å². The molecule has 2 heterocycles. The van der Waals surface area contributed by atoms with Crippen molar-refractivity contribution in [2.75, 3.05) is 0 Å². The summed E-state index contributed by atoms with van der Waals surface area (Å²) in [5.74, 6) is 0.0775. The van der Waals surface area contributed by atoms with Gasteiger partial charge in [-0.05, 0) is 19.8 Å². The van der Waals surface area contributed by atoms with E-state index in [1.165, 1.54) is 6.42 Å². The summed E-state index contributed by atoms with van der Waals surface area (Å²) in [6.45, 7) is 2.68. The van der Waals surface area contributed by atoms with Crippen LogP contribution in [0.1, 0.15) is 43.9 Å². The first kappa shape index (κ1) is 14.2. The second-order valence-electron chi connectivity index (χ2n) is 4.84. The molecule has 1 unspecified atom stereocenters. The van der Waals surface area contributed by atoms with E-state index in [-0.39, 0.29) is 6.04 Å². The first-order valence-corrected chi connectivity index (χ1v) is 6.71. The number of carboxylic acids is 1. The first-order valence-electron chi connectivity index (χ1n) is 6.71. The van der Waals surface area contributed by atoms with Gasteiger partial charge in [0.2, 0.25) is 5.91 Å². The van der Waals surface area contributed by atoms with Gasteiger partial charge < -0.3 is 15.0 Å². The molecule has 1 aromatic rings. The second-order valence-corrected chi connectivity index (χ2v) is 4.84. The quantitative estimate of drug-likeness (QED) is 0.795. The SMILES string of the molecule is CC(NC(=O)/C=C/C(=O)O)c1nnc2n1CCCCC2. The maximum absolute atomic E-state index is 11.6. The van der Waals surface area contributed by atoms with Gasteiger partial charge in [0.15, 0.2) is 5.82 Å². The lowest BCUT2D eigenvalue weighted by atomic mass is 10.2. The van der Waals surface area contributed by atoms with Crippen molar-refractivity contribution in [1.82, 2.24) is 20.1 Å². The average molecular weight is 278 g/mol. The predicted octanol–water partition coefficient (Wildman–Crippen LogP) is 0.822. The summed E-state index contributed by atoms with van der Waals surface area (Å²) in [4.78, 5) is 21.9. The molecule has 2 N–H and O–H groups in total. The average Bonchev–Trinajstić information content (AvgIpc) is 2.66. The summed E-state index contributed by atoms with van der Waals surface area (Å²) < 4.78 is 2.05. The Morgan fingerprint density at radius 2 is 2.10 bits per heavy atom. The molecular weight excluding hydrogens is 260 g/mol. The second kappa shape index (κ2) is 6.31. The van der Waals surface area contributed by atoms with Crippen LogP contribution in [-0.2, 0) is 22.6 Å². The normalized spacial score (nSPS) is 16.4. The summed E-state index contributed by atoms with van der Waals surface area (Å²) in [6, 6.07) is -0.305. The highest BCUT2D eigenvalue weighted by Crippen LogP contribution is 2.18. The number of aryl methyl sites for hydroxylation is 1. The summed E-state index contributed by atoms with van der Waals surface area (Å²) in [7, 11) is 0. The molecule has 7 heteroatoms. The van der Waals surface area contributed by atoms with E-state index in [0.717, 1.165) is 49.6 Å². The molecular formula is C13H18N4O3. The molecule has 0 spiro atoms. The molecule has 20 heavy (non-hydrogen) atoms. The van der Waals surface area contributed by atoms with E-state index in [9.17, 15) is 9.59 Å². The van der Waals surface area contributed by atoms with Gasteiger partial charge in [-0.15, -0.1) is 10.2 Å². The standard InChI is InChI=1S/C13H18N4O3/c1-9(14-11(18)6-7-12(19)20)13-16-15-10-5-3-2-4-8-17(10)13/h6-7,9H,2-5,8H2,1H3,(H,14,18)(H,19,20)/b7-6+. The molecule has 0 radical (unpaired) electrons. The Morgan fingerprint density at radius 3 is 2.85 bits per heavy atom. The summed E-state index contributed by atoms with van der Waals surface area (Å²) in [5, 5.41) is 19.5. The van der Waals surface area contributed by atoms with Crippen LogP contribution in [0.4, 0.5) is 0 Å². The minimum absolute atomic E-state index is 0.305. The molecule has 0 saturated carbocycles. The van der Waals surface area contributed by atoms with Crippen LogP contribution in [0.3, 0.4) is 0 Å². The number of rotatable bonds is 4. The Bertz CT molecular complexity index is 536. The van der Waals surface area contributed by atoms with E-state index >= 15 is 0 Å². The summed E-state index contributed by atoms with van der Waals surface area (Å²) >= 11 is 0. The third kappa shape index (κ3) is 3.43. The zero-order chi connectivity index (χ0) is 14.5. The van der Waals surface area contributed by atoms with Crippen molar-refractivity contribution in [1.29, 1.82) is 0 Å². The maximum atomic E-state index is 11.6. The van der Waals surface area contributed by atoms with Crippen molar-refractivity contribution in [3.63, 3.8) is 0 Å². The van der Waals surface area contributed by atoms with Crippen LogP contribution in [0.5, 0.6) is 0 Å². The maximum Gasteiger partial charge on any atom is 0.328 e. The zero-order valence-corrected chi connectivity index (χ0v) is 11.4. The Hall–Kier alpha value is -2.18. The van der Waals surface area contributed by atoms with E-state index in [4.69, 9.17) is 5.11 Å². The topological polar surface area (TPSA) is 97.1 Å². The number of nitrogens with one attached hydrogen (secondary N) is 1. The molecule has 108 valence electrons. The Kier molecular flexibility index (Phi) is 4.49. The molecule has 1 aliphatic rings. The molecule has 0 aliphatic carbocycles. The van der Waals surface area contributed by atoms with Gasteiger partial charge in [-0.25, -0.2) is 4.79 Å². The van der Waals surface area contributed by atoms with Crippen LogP contribution in [0.2, 0.25) is 0 Å². The van der Waals surface area contributed by atoms with Crippen LogP contribution in [0.15, 0.2) is 12.2 Å². The molecule has 0 bridgehead atoms. The highest BCUT2D eigenvalue weighted by atomic mass is 16.4. The fourth-order valence-corrected chi connectivity index (χ4v) is 2.30. The molecule has 2 rings (SSSR count).